The van der Waals surface area contributed by atoms with E-state index in [1.165, 1.54) is 5.56 Å². The molecule has 1 N–H and O–H groups in total. The van der Waals surface area contributed by atoms with Crippen LogP contribution in [0.15, 0.2) is 24.5 Å². The van der Waals surface area contributed by atoms with E-state index in [0.29, 0.717) is 13.2 Å². The zero-order valence-electron chi connectivity index (χ0n) is 12.0. The van der Waals surface area contributed by atoms with Crippen molar-refractivity contribution in [3.05, 3.63) is 30.1 Å². The van der Waals surface area contributed by atoms with E-state index >= 15 is 0 Å². The van der Waals surface area contributed by atoms with E-state index in [1.807, 2.05) is 17.8 Å². The molecule has 1 rings (SSSR count). The number of nitrogens with one attached hydrogen (secondary N) is 1. The average molecular weight is 251 g/mol. The first kappa shape index (κ1) is 14.9. The average Bonchev–Trinajstić information content (AvgIpc) is 2.71. The monoisotopic (exact) mass is 251 g/mol. The molecule has 4 heteroatoms. The van der Waals surface area contributed by atoms with Crippen molar-refractivity contribution in [2.24, 2.45) is 0 Å². The largest absolute Gasteiger partial charge is 0.376 e. The van der Waals surface area contributed by atoms with Gasteiger partial charge >= 0.3 is 0 Å². The molecule has 0 atom stereocenters. The number of ether oxygens (including phenoxy) is 1. The van der Waals surface area contributed by atoms with Gasteiger partial charge in [-0.3, -0.25) is 4.68 Å². The predicted molar refractivity (Wildman–Crippen MR) is 74.6 cm³/mol. The summed E-state index contributed by atoms with van der Waals surface area (Å²) in [6.45, 7) is 15.2. The smallest absolute Gasteiger partial charge is 0.0672 e. The van der Waals surface area contributed by atoms with E-state index in [9.17, 15) is 0 Å². The summed E-state index contributed by atoms with van der Waals surface area (Å²) in [6.07, 6.45) is 3.99. The minimum Gasteiger partial charge on any atom is -0.376 e. The third-order valence-corrected chi connectivity index (χ3v) is 2.42. The van der Waals surface area contributed by atoms with Crippen LogP contribution in [0.2, 0.25) is 0 Å². The van der Waals surface area contributed by atoms with Crippen LogP contribution in [0.5, 0.6) is 0 Å². The van der Waals surface area contributed by atoms with Crippen LogP contribution in [0, 0.1) is 0 Å². The molecule has 0 bridgehead atoms. The minimum atomic E-state index is 0.0445. The van der Waals surface area contributed by atoms with Crippen molar-refractivity contribution in [1.29, 1.82) is 0 Å². The second-order valence-electron chi connectivity index (χ2n) is 5.65. The fourth-order valence-corrected chi connectivity index (χ4v) is 1.44. The van der Waals surface area contributed by atoms with E-state index in [0.717, 1.165) is 18.7 Å². The summed E-state index contributed by atoms with van der Waals surface area (Å²) in [4.78, 5) is 0. The van der Waals surface area contributed by atoms with Gasteiger partial charge in [0.1, 0.15) is 0 Å². The summed E-state index contributed by atoms with van der Waals surface area (Å²) in [5.41, 5.74) is 2.30. The Morgan fingerprint density at radius 1 is 1.50 bits per heavy atom. The molecule has 18 heavy (non-hydrogen) atoms. The van der Waals surface area contributed by atoms with Crippen molar-refractivity contribution < 1.29 is 4.74 Å². The highest BCUT2D eigenvalue weighted by molar-refractivity contribution is 5.04. The summed E-state index contributed by atoms with van der Waals surface area (Å²) in [5, 5.41) is 7.69. The molecule has 1 heterocycles. The maximum atomic E-state index is 5.41. The molecule has 102 valence electrons. The zero-order chi connectivity index (χ0) is 13.6. The summed E-state index contributed by atoms with van der Waals surface area (Å²) in [6, 6.07) is 0. The minimum absolute atomic E-state index is 0.0445. The van der Waals surface area contributed by atoms with Crippen LogP contribution in [0.25, 0.3) is 0 Å². The Labute approximate surface area is 110 Å². The molecule has 4 nitrogen and oxygen atoms in total. The second kappa shape index (κ2) is 6.71. The van der Waals surface area contributed by atoms with Gasteiger partial charge in [-0.05, 0) is 27.7 Å². The van der Waals surface area contributed by atoms with Gasteiger partial charge in [0.05, 0.1) is 24.9 Å². The molecular formula is C14H25N3O. The van der Waals surface area contributed by atoms with Gasteiger partial charge in [-0.1, -0.05) is 12.2 Å². The number of nitrogens with zero attached hydrogens (tertiary/aromatic N) is 2. The van der Waals surface area contributed by atoms with Gasteiger partial charge in [-0.25, -0.2) is 0 Å². The fourth-order valence-electron chi connectivity index (χ4n) is 1.44. The topological polar surface area (TPSA) is 39.1 Å². The SMILES string of the molecule is C=C(C)COCCNCc1cnn(C(C)(C)C)c1. The molecule has 0 saturated heterocycles. The van der Waals surface area contributed by atoms with Gasteiger partial charge in [0.2, 0.25) is 0 Å². The molecule has 1 aromatic heterocycles. The molecule has 0 spiro atoms. The lowest BCUT2D eigenvalue weighted by Crippen LogP contribution is -2.22. The van der Waals surface area contributed by atoms with Crippen LogP contribution in [-0.4, -0.2) is 29.5 Å². The number of hydrogen-bond acceptors (Lipinski definition) is 3. The first-order valence-electron chi connectivity index (χ1n) is 6.36. The molecule has 0 amide bonds. The first-order valence-corrected chi connectivity index (χ1v) is 6.36. The third kappa shape index (κ3) is 5.47. The molecule has 0 aliphatic heterocycles. The van der Waals surface area contributed by atoms with Gasteiger partial charge in [0.15, 0.2) is 0 Å². The molecule has 0 saturated carbocycles. The molecule has 0 aliphatic carbocycles. The molecule has 0 aliphatic rings. The molecular weight excluding hydrogens is 226 g/mol. The van der Waals surface area contributed by atoms with E-state index in [4.69, 9.17) is 4.74 Å². The standard InChI is InChI=1S/C14H25N3O/c1-12(2)11-18-7-6-15-8-13-9-16-17(10-13)14(3,4)5/h9-10,15H,1,6-8,11H2,2-5H3. The van der Waals surface area contributed by atoms with Gasteiger partial charge in [-0.2, -0.15) is 5.10 Å². The molecule has 0 fully saturated rings. The Bertz CT molecular complexity index is 377. The van der Waals surface area contributed by atoms with E-state index in [2.05, 4.69) is 44.0 Å². The van der Waals surface area contributed by atoms with Crippen LogP contribution in [0.1, 0.15) is 33.3 Å². The van der Waals surface area contributed by atoms with Gasteiger partial charge in [0.25, 0.3) is 0 Å². The highest BCUT2D eigenvalue weighted by Crippen LogP contribution is 2.12. The van der Waals surface area contributed by atoms with E-state index in [1.54, 1.807) is 0 Å². The van der Waals surface area contributed by atoms with Crippen molar-refractivity contribution in [1.82, 2.24) is 15.1 Å². The Balaban J connectivity index is 2.20. The lowest BCUT2D eigenvalue weighted by molar-refractivity contribution is 0.158. The zero-order valence-corrected chi connectivity index (χ0v) is 12.0. The van der Waals surface area contributed by atoms with E-state index < -0.39 is 0 Å². The molecule has 1 aromatic rings. The van der Waals surface area contributed by atoms with Crippen molar-refractivity contribution in [2.45, 2.75) is 39.8 Å². The highest BCUT2D eigenvalue weighted by Gasteiger charge is 2.13. The maximum absolute atomic E-state index is 5.41. The number of aromatic nitrogens is 2. The predicted octanol–water partition coefficient (Wildman–Crippen LogP) is 2.32. The molecule has 0 radical (unpaired) electrons. The van der Waals surface area contributed by atoms with E-state index in [-0.39, 0.29) is 5.54 Å². The van der Waals surface area contributed by atoms with Gasteiger partial charge in [0, 0.05) is 24.8 Å². The Morgan fingerprint density at radius 3 is 2.78 bits per heavy atom. The number of rotatable bonds is 7. The lowest BCUT2D eigenvalue weighted by Gasteiger charge is -2.18. The Kier molecular flexibility index (Phi) is 5.56. The summed E-state index contributed by atoms with van der Waals surface area (Å²) >= 11 is 0. The molecule has 0 aromatic carbocycles. The van der Waals surface area contributed by atoms with Crippen molar-refractivity contribution >= 4 is 0 Å². The van der Waals surface area contributed by atoms with Crippen LogP contribution in [0.3, 0.4) is 0 Å². The van der Waals surface area contributed by atoms with Gasteiger partial charge < -0.3 is 10.1 Å². The van der Waals surface area contributed by atoms with Crippen LogP contribution >= 0.6 is 0 Å². The van der Waals surface area contributed by atoms with Crippen molar-refractivity contribution in [2.75, 3.05) is 19.8 Å². The first-order chi connectivity index (χ1) is 8.39. The quantitative estimate of drug-likeness (QED) is 0.597. The Morgan fingerprint density at radius 2 is 2.22 bits per heavy atom. The Hall–Kier alpha value is -1.13. The van der Waals surface area contributed by atoms with Crippen LogP contribution in [-0.2, 0) is 16.8 Å². The third-order valence-electron chi connectivity index (χ3n) is 2.42. The normalized spacial score (nSPS) is 11.8. The fraction of sp³-hybridized carbons (Fsp3) is 0.643. The number of hydrogen-bond donors (Lipinski definition) is 1. The van der Waals surface area contributed by atoms with Crippen LogP contribution in [0.4, 0.5) is 0 Å². The highest BCUT2D eigenvalue weighted by atomic mass is 16.5. The van der Waals surface area contributed by atoms with Gasteiger partial charge in [-0.15, -0.1) is 0 Å². The summed E-state index contributed by atoms with van der Waals surface area (Å²) in [7, 11) is 0. The molecule has 0 unspecified atom stereocenters. The summed E-state index contributed by atoms with van der Waals surface area (Å²) < 4.78 is 7.40. The maximum Gasteiger partial charge on any atom is 0.0672 e. The second-order valence-corrected chi connectivity index (χ2v) is 5.65. The summed E-state index contributed by atoms with van der Waals surface area (Å²) in [5.74, 6) is 0. The van der Waals surface area contributed by atoms with Crippen LogP contribution < -0.4 is 5.32 Å². The lowest BCUT2D eigenvalue weighted by atomic mass is 10.1. The van der Waals surface area contributed by atoms with Crippen molar-refractivity contribution in [3.63, 3.8) is 0 Å². The van der Waals surface area contributed by atoms with Crippen molar-refractivity contribution in [3.8, 4) is 0 Å².